The summed E-state index contributed by atoms with van der Waals surface area (Å²) < 4.78 is 10.9. The molecule has 18 heavy (non-hydrogen) atoms. The van der Waals surface area contributed by atoms with Gasteiger partial charge >= 0.3 is 5.97 Å². The van der Waals surface area contributed by atoms with Crippen LogP contribution < -0.4 is 4.74 Å². The van der Waals surface area contributed by atoms with Gasteiger partial charge < -0.3 is 9.47 Å². The van der Waals surface area contributed by atoms with Gasteiger partial charge in [0.1, 0.15) is 11.5 Å². The normalized spacial score (nSPS) is 13.9. The molecule has 0 unspecified atom stereocenters. The lowest BCUT2D eigenvalue weighted by Crippen LogP contribution is -2.19. The highest BCUT2D eigenvalue weighted by Gasteiger charge is 2.24. The first-order valence-corrected chi connectivity index (χ1v) is 6.41. The number of para-hydroxylation sites is 1. The van der Waals surface area contributed by atoms with Gasteiger partial charge in [-0.3, -0.25) is 0 Å². The number of allylic oxidation sites excluding steroid dienone is 1. The Hall–Kier alpha value is -1.77. The second kappa shape index (κ2) is 5.71. The predicted molar refractivity (Wildman–Crippen MR) is 69.3 cm³/mol. The van der Waals surface area contributed by atoms with Crippen LogP contribution in [0.3, 0.4) is 0 Å². The summed E-state index contributed by atoms with van der Waals surface area (Å²) in [5.74, 6) is 1.36. The van der Waals surface area contributed by atoms with Crippen molar-refractivity contribution in [3.8, 4) is 5.75 Å². The second-order valence-corrected chi connectivity index (χ2v) is 4.26. The molecule has 0 aliphatic carbocycles. The molecule has 96 valence electrons. The molecule has 0 saturated heterocycles. The van der Waals surface area contributed by atoms with Crippen molar-refractivity contribution in [2.45, 2.75) is 33.1 Å². The fraction of sp³-hybridized carbons (Fsp3) is 0.400. The molecule has 1 aliphatic rings. The number of carbonyl (C=O) groups excluding carboxylic acids is 1. The van der Waals surface area contributed by atoms with Crippen LogP contribution in [0.15, 0.2) is 35.6 Å². The Morgan fingerprint density at radius 2 is 2.11 bits per heavy atom. The number of hydrogen-bond donors (Lipinski definition) is 0. The summed E-state index contributed by atoms with van der Waals surface area (Å²) in [6.45, 7) is 4.28. The van der Waals surface area contributed by atoms with Crippen molar-refractivity contribution in [2.75, 3.05) is 6.61 Å². The van der Waals surface area contributed by atoms with E-state index in [1.54, 1.807) is 0 Å². The van der Waals surface area contributed by atoms with Gasteiger partial charge in [-0.1, -0.05) is 25.1 Å². The summed E-state index contributed by atoms with van der Waals surface area (Å²) in [5, 5.41) is 0. The van der Waals surface area contributed by atoms with Crippen LogP contribution >= 0.6 is 0 Å². The van der Waals surface area contributed by atoms with E-state index in [4.69, 9.17) is 9.47 Å². The van der Waals surface area contributed by atoms with Gasteiger partial charge in [-0.2, -0.15) is 0 Å². The molecule has 3 nitrogen and oxygen atoms in total. The Kier molecular flexibility index (Phi) is 4.03. The van der Waals surface area contributed by atoms with E-state index in [-0.39, 0.29) is 5.97 Å². The number of ether oxygens (including phenoxy) is 2. The predicted octanol–water partition coefficient (Wildman–Crippen LogP) is 3.24. The molecule has 0 N–H and O–H groups in total. The SMILES string of the molecule is CCCC1=C(C(=O)OCC)Cc2ccccc2O1. The highest BCUT2D eigenvalue weighted by Crippen LogP contribution is 2.32. The lowest BCUT2D eigenvalue weighted by atomic mass is 9.99. The first kappa shape index (κ1) is 12.7. The fourth-order valence-corrected chi connectivity index (χ4v) is 2.07. The number of esters is 1. The third-order valence-electron chi connectivity index (χ3n) is 2.91. The van der Waals surface area contributed by atoms with Crippen molar-refractivity contribution in [1.82, 2.24) is 0 Å². The summed E-state index contributed by atoms with van der Waals surface area (Å²) in [6, 6.07) is 7.82. The van der Waals surface area contributed by atoms with E-state index < -0.39 is 0 Å². The Morgan fingerprint density at radius 1 is 1.33 bits per heavy atom. The minimum absolute atomic E-state index is 0.254. The van der Waals surface area contributed by atoms with E-state index >= 15 is 0 Å². The molecule has 0 aromatic heterocycles. The minimum Gasteiger partial charge on any atom is -0.463 e. The molecule has 0 fully saturated rings. The lowest BCUT2D eigenvalue weighted by molar-refractivity contribution is -0.138. The van der Waals surface area contributed by atoms with Crippen molar-refractivity contribution in [2.24, 2.45) is 0 Å². The maximum Gasteiger partial charge on any atom is 0.337 e. The minimum atomic E-state index is -0.254. The fourth-order valence-electron chi connectivity index (χ4n) is 2.07. The molecule has 0 spiro atoms. The number of carbonyl (C=O) groups is 1. The van der Waals surface area contributed by atoms with Gasteiger partial charge in [0.25, 0.3) is 0 Å². The van der Waals surface area contributed by atoms with Gasteiger partial charge in [0.05, 0.1) is 12.2 Å². The van der Waals surface area contributed by atoms with Crippen LogP contribution in [0.5, 0.6) is 5.75 Å². The zero-order valence-corrected chi connectivity index (χ0v) is 10.9. The van der Waals surface area contributed by atoms with Crippen LogP contribution in [-0.2, 0) is 16.0 Å². The van der Waals surface area contributed by atoms with Crippen molar-refractivity contribution >= 4 is 5.97 Å². The molecule has 0 bridgehead atoms. The molecule has 0 atom stereocenters. The molecular formula is C15H18O3. The van der Waals surface area contributed by atoms with Gasteiger partial charge in [-0.05, 0) is 25.0 Å². The number of benzene rings is 1. The Morgan fingerprint density at radius 3 is 2.83 bits per heavy atom. The molecule has 1 heterocycles. The highest BCUT2D eigenvalue weighted by molar-refractivity contribution is 5.90. The average molecular weight is 246 g/mol. The maximum atomic E-state index is 11.9. The summed E-state index contributed by atoms with van der Waals surface area (Å²) >= 11 is 0. The van der Waals surface area contributed by atoms with E-state index in [1.165, 1.54) is 0 Å². The topological polar surface area (TPSA) is 35.5 Å². The van der Waals surface area contributed by atoms with Crippen molar-refractivity contribution in [3.63, 3.8) is 0 Å². The molecule has 1 aromatic rings. The number of fused-ring (bicyclic) bond motifs is 1. The van der Waals surface area contributed by atoms with Gasteiger partial charge in [0.15, 0.2) is 0 Å². The standard InChI is InChI=1S/C15H18O3/c1-3-7-14-12(15(16)17-4-2)10-11-8-5-6-9-13(11)18-14/h5-6,8-9H,3-4,7,10H2,1-2H3. The smallest absolute Gasteiger partial charge is 0.337 e. The molecule has 0 saturated carbocycles. The number of rotatable bonds is 4. The largest absolute Gasteiger partial charge is 0.463 e. The third-order valence-corrected chi connectivity index (χ3v) is 2.91. The summed E-state index contributed by atoms with van der Waals surface area (Å²) in [6.07, 6.45) is 2.31. The molecule has 0 amide bonds. The van der Waals surface area contributed by atoms with Gasteiger partial charge in [0.2, 0.25) is 0 Å². The summed E-state index contributed by atoms with van der Waals surface area (Å²) in [4.78, 5) is 11.9. The lowest BCUT2D eigenvalue weighted by Gasteiger charge is -2.22. The molecule has 2 rings (SSSR count). The van der Waals surface area contributed by atoms with E-state index in [0.29, 0.717) is 18.6 Å². The first-order valence-electron chi connectivity index (χ1n) is 6.41. The Bertz CT molecular complexity index is 474. The molecule has 3 heteroatoms. The van der Waals surface area contributed by atoms with E-state index in [0.717, 1.165) is 29.9 Å². The first-order chi connectivity index (χ1) is 8.76. The van der Waals surface area contributed by atoms with E-state index in [1.807, 2.05) is 31.2 Å². The van der Waals surface area contributed by atoms with Crippen LogP contribution in [0.4, 0.5) is 0 Å². The van der Waals surface area contributed by atoms with Crippen LogP contribution in [-0.4, -0.2) is 12.6 Å². The summed E-state index contributed by atoms with van der Waals surface area (Å²) in [5.41, 5.74) is 1.71. The van der Waals surface area contributed by atoms with Gasteiger partial charge in [-0.25, -0.2) is 4.79 Å². The summed E-state index contributed by atoms with van der Waals surface area (Å²) in [7, 11) is 0. The van der Waals surface area contributed by atoms with Crippen LogP contribution in [0.2, 0.25) is 0 Å². The monoisotopic (exact) mass is 246 g/mol. The third kappa shape index (κ3) is 2.55. The van der Waals surface area contributed by atoms with Crippen LogP contribution in [0.1, 0.15) is 32.3 Å². The van der Waals surface area contributed by atoms with Gasteiger partial charge in [0, 0.05) is 12.8 Å². The molecule has 1 aliphatic heterocycles. The zero-order chi connectivity index (χ0) is 13.0. The Labute approximate surface area is 107 Å². The van der Waals surface area contributed by atoms with Crippen molar-refractivity contribution < 1.29 is 14.3 Å². The molecule has 0 radical (unpaired) electrons. The second-order valence-electron chi connectivity index (χ2n) is 4.26. The molecule has 1 aromatic carbocycles. The highest BCUT2D eigenvalue weighted by atomic mass is 16.5. The van der Waals surface area contributed by atoms with Gasteiger partial charge in [-0.15, -0.1) is 0 Å². The number of hydrogen-bond acceptors (Lipinski definition) is 3. The maximum absolute atomic E-state index is 11.9. The van der Waals surface area contributed by atoms with Crippen LogP contribution in [0.25, 0.3) is 0 Å². The van der Waals surface area contributed by atoms with Crippen LogP contribution in [0, 0.1) is 0 Å². The quantitative estimate of drug-likeness (QED) is 0.765. The average Bonchev–Trinajstić information content (AvgIpc) is 2.38. The van der Waals surface area contributed by atoms with E-state index in [9.17, 15) is 4.79 Å². The van der Waals surface area contributed by atoms with Crippen molar-refractivity contribution in [1.29, 1.82) is 0 Å². The zero-order valence-electron chi connectivity index (χ0n) is 10.9. The molecular weight excluding hydrogens is 228 g/mol. The van der Waals surface area contributed by atoms with Crippen molar-refractivity contribution in [3.05, 3.63) is 41.2 Å². The van der Waals surface area contributed by atoms with E-state index in [2.05, 4.69) is 6.92 Å². The Balaban J connectivity index is 2.30.